The van der Waals surface area contributed by atoms with E-state index in [-0.39, 0.29) is 0 Å². The zero-order valence-corrected chi connectivity index (χ0v) is 14.2. The topological polar surface area (TPSA) is 48.9 Å². The van der Waals surface area contributed by atoms with Crippen LogP contribution in [0, 0.1) is 0 Å². The van der Waals surface area contributed by atoms with Gasteiger partial charge in [0, 0.05) is 50.0 Å². The first-order valence-corrected chi connectivity index (χ1v) is 7.99. The van der Waals surface area contributed by atoms with Crippen molar-refractivity contribution >= 4 is 27.6 Å². The van der Waals surface area contributed by atoms with E-state index >= 15 is 0 Å². The number of halogens is 1. The van der Waals surface area contributed by atoms with Crippen LogP contribution in [-0.4, -0.2) is 52.4 Å². The Hall–Kier alpha value is -1.27. The summed E-state index contributed by atoms with van der Waals surface area (Å²) >= 11 is 3.47. The molecule has 1 aromatic rings. The maximum atomic E-state index is 5.03. The predicted molar refractivity (Wildman–Crippen MR) is 91.1 cm³/mol. The first-order valence-electron chi connectivity index (χ1n) is 7.19. The van der Waals surface area contributed by atoms with Crippen molar-refractivity contribution in [2.75, 3.05) is 45.3 Å². The molecule has 21 heavy (non-hydrogen) atoms. The maximum absolute atomic E-state index is 5.03. The van der Waals surface area contributed by atoms with E-state index in [0.717, 1.165) is 36.5 Å². The fourth-order valence-corrected chi connectivity index (χ4v) is 2.69. The molecule has 0 saturated carbocycles. The van der Waals surface area contributed by atoms with Crippen LogP contribution >= 0.6 is 15.9 Å². The molecule has 2 N–H and O–H groups in total. The summed E-state index contributed by atoms with van der Waals surface area (Å²) in [6.45, 7) is 3.50. The normalized spacial score (nSPS) is 18.9. The Kier molecular flexibility index (Phi) is 6.32. The molecule has 5 nitrogen and oxygen atoms in total. The number of aliphatic imine (C=N–C) groups is 1. The van der Waals surface area contributed by atoms with Gasteiger partial charge in [-0.15, -0.1) is 0 Å². The maximum Gasteiger partial charge on any atom is 0.191 e. The van der Waals surface area contributed by atoms with Gasteiger partial charge in [-0.1, -0.05) is 15.9 Å². The second kappa shape index (κ2) is 8.24. The highest BCUT2D eigenvalue weighted by Crippen LogP contribution is 2.22. The lowest BCUT2D eigenvalue weighted by Gasteiger charge is -2.20. The SMILES string of the molecule is CN=C(NCCOC)NC1CCN(c2ccc(Br)cc2)C1. The number of ether oxygens (including phenoxy) is 1. The standard InChI is InChI=1S/C15H23BrN4O/c1-17-15(18-8-10-21-2)19-13-7-9-20(11-13)14-5-3-12(16)4-6-14/h3-6,13H,7-11H2,1-2H3,(H2,17,18,19). The first kappa shape index (κ1) is 16.1. The summed E-state index contributed by atoms with van der Waals surface area (Å²) in [5.41, 5.74) is 1.27. The Morgan fingerprint density at radius 3 is 2.86 bits per heavy atom. The molecule has 1 aliphatic rings. The second-order valence-corrected chi connectivity index (χ2v) is 5.96. The van der Waals surface area contributed by atoms with Gasteiger partial charge in [-0.3, -0.25) is 4.99 Å². The molecule has 0 bridgehead atoms. The van der Waals surface area contributed by atoms with E-state index in [4.69, 9.17) is 4.74 Å². The van der Waals surface area contributed by atoms with E-state index in [2.05, 4.69) is 60.7 Å². The van der Waals surface area contributed by atoms with E-state index in [1.165, 1.54) is 5.69 Å². The molecule has 1 atom stereocenters. The number of benzene rings is 1. The quantitative estimate of drug-likeness (QED) is 0.481. The van der Waals surface area contributed by atoms with Gasteiger partial charge >= 0.3 is 0 Å². The average molecular weight is 355 g/mol. The molecular formula is C15H23BrN4O. The summed E-state index contributed by atoms with van der Waals surface area (Å²) in [5.74, 6) is 0.842. The summed E-state index contributed by atoms with van der Waals surface area (Å²) in [6, 6.07) is 8.89. The summed E-state index contributed by atoms with van der Waals surface area (Å²) in [4.78, 5) is 6.64. The Balaban J connectivity index is 1.83. The van der Waals surface area contributed by atoms with Gasteiger partial charge in [-0.25, -0.2) is 0 Å². The van der Waals surface area contributed by atoms with Gasteiger partial charge < -0.3 is 20.3 Å². The highest BCUT2D eigenvalue weighted by atomic mass is 79.9. The molecule has 1 fully saturated rings. The minimum atomic E-state index is 0.419. The third kappa shape index (κ3) is 4.89. The third-order valence-electron chi connectivity index (χ3n) is 3.54. The minimum Gasteiger partial charge on any atom is -0.383 e. The molecule has 1 saturated heterocycles. The van der Waals surface area contributed by atoms with Crippen molar-refractivity contribution in [2.45, 2.75) is 12.5 Å². The minimum absolute atomic E-state index is 0.419. The second-order valence-electron chi connectivity index (χ2n) is 5.04. The number of hydrogen-bond acceptors (Lipinski definition) is 3. The van der Waals surface area contributed by atoms with Crippen molar-refractivity contribution in [3.63, 3.8) is 0 Å². The lowest BCUT2D eigenvalue weighted by Crippen LogP contribution is -2.45. The zero-order valence-electron chi connectivity index (χ0n) is 12.6. The zero-order chi connectivity index (χ0) is 15.1. The van der Waals surface area contributed by atoms with Gasteiger partial charge in [0.1, 0.15) is 0 Å². The fraction of sp³-hybridized carbons (Fsp3) is 0.533. The number of guanidine groups is 1. The van der Waals surface area contributed by atoms with Crippen LogP contribution in [0.2, 0.25) is 0 Å². The van der Waals surface area contributed by atoms with Gasteiger partial charge in [0.2, 0.25) is 0 Å². The average Bonchev–Trinajstić information content (AvgIpc) is 2.95. The molecule has 0 aromatic heterocycles. The summed E-state index contributed by atoms with van der Waals surface area (Å²) in [5, 5.41) is 6.72. The number of anilines is 1. The highest BCUT2D eigenvalue weighted by Gasteiger charge is 2.23. The molecule has 1 aliphatic heterocycles. The summed E-state index contributed by atoms with van der Waals surface area (Å²) < 4.78 is 6.15. The molecule has 6 heteroatoms. The molecule has 2 rings (SSSR count). The first-order chi connectivity index (χ1) is 10.2. The van der Waals surface area contributed by atoms with E-state index < -0.39 is 0 Å². The van der Waals surface area contributed by atoms with Crippen LogP contribution < -0.4 is 15.5 Å². The molecule has 1 unspecified atom stereocenters. The van der Waals surface area contributed by atoms with Crippen LogP contribution in [0.3, 0.4) is 0 Å². The van der Waals surface area contributed by atoms with Crippen LogP contribution in [0.25, 0.3) is 0 Å². The van der Waals surface area contributed by atoms with Crippen molar-refractivity contribution in [1.82, 2.24) is 10.6 Å². The summed E-state index contributed by atoms with van der Waals surface area (Å²) in [6.07, 6.45) is 1.11. The highest BCUT2D eigenvalue weighted by molar-refractivity contribution is 9.10. The number of methoxy groups -OCH3 is 1. The smallest absolute Gasteiger partial charge is 0.191 e. The monoisotopic (exact) mass is 354 g/mol. The van der Waals surface area contributed by atoms with Crippen LogP contribution in [-0.2, 0) is 4.74 Å². The van der Waals surface area contributed by atoms with Gasteiger partial charge in [-0.05, 0) is 30.7 Å². The van der Waals surface area contributed by atoms with Gasteiger partial charge in [0.25, 0.3) is 0 Å². The Bertz CT molecular complexity index is 463. The molecule has 1 heterocycles. The van der Waals surface area contributed by atoms with Gasteiger partial charge in [0.05, 0.1) is 6.61 Å². The van der Waals surface area contributed by atoms with Crippen molar-refractivity contribution in [3.05, 3.63) is 28.7 Å². The number of rotatable bonds is 5. The molecular weight excluding hydrogens is 332 g/mol. The van der Waals surface area contributed by atoms with Gasteiger partial charge in [0.15, 0.2) is 5.96 Å². The van der Waals surface area contributed by atoms with E-state index in [0.29, 0.717) is 12.6 Å². The van der Waals surface area contributed by atoms with Crippen LogP contribution in [0.1, 0.15) is 6.42 Å². The molecule has 0 aliphatic carbocycles. The molecule has 0 spiro atoms. The third-order valence-corrected chi connectivity index (χ3v) is 4.07. The van der Waals surface area contributed by atoms with E-state index in [1.54, 1.807) is 14.2 Å². The van der Waals surface area contributed by atoms with Gasteiger partial charge in [-0.2, -0.15) is 0 Å². The number of hydrogen-bond donors (Lipinski definition) is 2. The Morgan fingerprint density at radius 1 is 1.43 bits per heavy atom. The predicted octanol–water partition coefficient (Wildman–Crippen LogP) is 1.84. The Labute approximate surface area is 134 Å². The largest absolute Gasteiger partial charge is 0.383 e. The molecule has 0 radical (unpaired) electrons. The molecule has 0 amide bonds. The van der Waals surface area contributed by atoms with Crippen LogP contribution in [0.5, 0.6) is 0 Å². The number of nitrogens with zero attached hydrogens (tertiary/aromatic N) is 2. The van der Waals surface area contributed by atoms with Crippen molar-refractivity contribution in [1.29, 1.82) is 0 Å². The molecule has 116 valence electrons. The molecule has 1 aromatic carbocycles. The van der Waals surface area contributed by atoms with E-state index in [1.807, 2.05) is 0 Å². The van der Waals surface area contributed by atoms with Crippen molar-refractivity contribution in [3.8, 4) is 0 Å². The Morgan fingerprint density at radius 2 is 2.19 bits per heavy atom. The van der Waals surface area contributed by atoms with Crippen molar-refractivity contribution < 1.29 is 4.74 Å². The van der Waals surface area contributed by atoms with Crippen molar-refractivity contribution in [2.24, 2.45) is 4.99 Å². The van der Waals surface area contributed by atoms with E-state index in [9.17, 15) is 0 Å². The number of nitrogens with one attached hydrogen (secondary N) is 2. The summed E-state index contributed by atoms with van der Waals surface area (Å²) in [7, 11) is 3.49. The van der Waals surface area contributed by atoms with Crippen LogP contribution in [0.15, 0.2) is 33.7 Å². The van der Waals surface area contributed by atoms with Crippen LogP contribution in [0.4, 0.5) is 5.69 Å². The fourth-order valence-electron chi connectivity index (χ4n) is 2.42. The lowest BCUT2D eigenvalue weighted by molar-refractivity contribution is 0.203. The lowest BCUT2D eigenvalue weighted by atomic mass is 10.3.